The van der Waals surface area contributed by atoms with Crippen LogP contribution in [0.1, 0.15) is 73.6 Å². The van der Waals surface area contributed by atoms with Crippen molar-refractivity contribution in [2.45, 2.75) is 97.5 Å². The van der Waals surface area contributed by atoms with Gasteiger partial charge in [-0.3, -0.25) is 9.59 Å². The number of hydrogen-bond acceptors (Lipinski definition) is 8. The van der Waals surface area contributed by atoms with Gasteiger partial charge in [0.1, 0.15) is 17.8 Å². The first-order valence-corrected chi connectivity index (χ1v) is 14.0. The molecule has 0 aromatic heterocycles. The highest BCUT2D eigenvalue weighted by Crippen LogP contribution is 2.28. The maximum atomic E-state index is 12.7. The lowest BCUT2D eigenvalue weighted by Gasteiger charge is -2.32. The summed E-state index contributed by atoms with van der Waals surface area (Å²) in [5, 5.41) is 20.4. The Labute approximate surface area is 232 Å². The van der Waals surface area contributed by atoms with E-state index >= 15 is 0 Å². The molecule has 0 spiro atoms. The van der Waals surface area contributed by atoms with Gasteiger partial charge >= 0.3 is 18.0 Å². The largest absolute Gasteiger partial charge is 0.457 e. The summed E-state index contributed by atoms with van der Waals surface area (Å²) < 4.78 is 16.8. The number of rotatable bonds is 7. The summed E-state index contributed by atoms with van der Waals surface area (Å²) in [4.78, 5) is 38.3. The van der Waals surface area contributed by atoms with Gasteiger partial charge in [0, 0.05) is 31.7 Å². The van der Waals surface area contributed by atoms with Crippen molar-refractivity contribution in [3.05, 3.63) is 36.0 Å². The van der Waals surface area contributed by atoms with Gasteiger partial charge in [0.05, 0.1) is 19.3 Å². The maximum absolute atomic E-state index is 12.7. The molecule has 0 saturated carbocycles. The summed E-state index contributed by atoms with van der Waals surface area (Å²) in [7, 11) is 0. The molecule has 0 radical (unpaired) electrons. The fraction of sp³-hybridized carbons (Fsp3) is 0.700. The average Bonchev–Trinajstić information content (AvgIpc) is 3.35. The van der Waals surface area contributed by atoms with Crippen molar-refractivity contribution in [3.8, 4) is 0 Å². The van der Waals surface area contributed by atoms with Crippen LogP contribution in [0.15, 0.2) is 36.0 Å². The summed E-state index contributed by atoms with van der Waals surface area (Å²) in [5.74, 6) is -1.08. The van der Waals surface area contributed by atoms with E-state index in [4.69, 9.17) is 14.2 Å². The van der Waals surface area contributed by atoms with Gasteiger partial charge < -0.3 is 29.3 Å². The molecule has 1 amide bonds. The Bertz CT molecular complexity index is 924. The molecule has 2 N–H and O–H groups in total. The fourth-order valence-corrected chi connectivity index (χ4v) is 4.90. The Morgan fingerprint density at radius 2 is 1.97 bits per heavy atom. The van der Waals surface area contributed by atoms with Gasteiger partial charge in [-0.05, 0) is 57.1 Å². The first-order valence-electron chi connectivity index (χ1n) is 14.0. The zero-order valence-electron chi connectivity index (χ0n) is 24.3. The van der Waals surface area contributed by atoms with Crippen LogP contribution in [0.4, 0.5) is 4.79 Å². The molecule has 2 heterocycles. The molecule has 9 nitrogen and oxygen atoms in total. The number of nitrogens with zero attached hydrogens (tertiary/aromatic N) is 1. The predicted molar refractivity (Wildman–Crippen MR) is 148 cm³/mol. The number of allylic oxidation sites excluding steroid dienone is 2. The van der Waals surface area contributed by atoms with Gasteiger partial charge in [-0.15, -0.1) is 0 Å². The fourth-order valence-electron chi connectivity index (χ4n) is 4.90. The van der Waals surface area contributed by atoms with Gasteiger partial charge in [-0.2, -0.15) is 0 Å². The predicted octanol–water partition coefficient (Wildman–Crippen LogP) is 4.33. The van der Waals surface area contributed by atoms with E-state index in [1.165, 1.54) is 6.92 Å². The Kier molecular flexibility index (Phi) is 12.7. The highest BCUT2D eigenvalue weighted by Gasteiger charge is 2.34. The Balaban J connectivity index is 2.11. The van der Waals surface area contributed by atoms with Gasteiger partial charge in [0.2, 0.25) is 0 Å². The van der Waals surface area contributed by atoms with E-state index in [0.717, 1.165) is 18.4 Å². The van der Waals surface area contributed by atoms with E-state index < -0.39 is 29.9 Å². The van der Waals surface area contributed by atoms with Crippen LogP contribution < -0.4 is 0 Å². The second kappa shape index (κ2) is 15.2. The zero-order chi connectivity index (χ0) is 29.2. The molecule has 9 heteroatoms. The number of carbonyl (C=O) groups is 3. The standard InChI is InChI=1S/C30H47NO8/c1-20-14-15-30(6,36)26(38-24(5)33)13-12-23(4)28(39-27(34)17-20)22(3)10-7-9-21(2)19-37-29(35)31-16-8-11-25(31)18-32/h7,9-10,12-13,20-21,23,25-26,28,32,36H,8,11,14-19H2,1-6H3/b9-7+,13-12+,22-10+/t20-,21-,23+,25-,26+,28-,30-/m1/s1. The molecule has 0 aliphatic carbocycles. The number of amides is 1. The van der Waals surface area contributed by atoms with Crippen LogP contribution in [0.5, 0.6) is 0 Å². The monoisotopic (exact) mass is 549 g/mol. The van der Waals surface area contributed by atoms with Crippen LogP contribution >= 0.6 is 0 Å². The molecular formula is C30H47NO8. The molecule has 2 rings (SSSR count). The van der Waals surface area contributed by atoms with Gasteiger partial charge in [-0.1, -0.05) is 45.1 Å². The number of cyclic esters (lactones) is 1. The number of hydrogen-bond donors (Lipinski definition) is 2. The van der Waals surface area contributed by atoms with Crippen LogP contribution in [0.25, 0.3) is 0 Å². The third kappa shape index (κ3) is 10.4. The van der Waals surface area contributed by atoms with E-state index in [-0.39, 0.29) is 49.4 Å². The number of likely N-dealkylation sites (tertiary alicyclic amines) is 1. The van der Waals surface area contributed by atoms with Gasteiger partial charge in [0.15, 0.2) is 0 Å². The highest BCUT2D eigenvalue weighted by molar-refractivity contribution is 5.70. The number of ether oxygens (including phenoxy) is 3. The van der Waals surface area contributed by atoms with Crippen LogP contribution in [0, 0.1) is 17.8 Å². The smallest absolute Gasteiger partial charge is 0.410 e. The van der Waals surface area contributed by atoms with Crippen LogP contribution in [0.2, 0.25) is 0 Å². The topological polar surface area (TPSA) is 123 Å². The molecule has 39 heavy (non-hydrogen) atoms. The Hall–Kier alpha value is -2.65. The molecule has 220 valence electrons. The maximum Gasteiger partial charge on any atom is 0.410 e. The molecule has 1 fully saturated rings. The second-order valence-corrected chi connectivity index (χ2v) is 11.4. The lowest BCUT2D eigenvalue weighted by Crippen LogP contribution is -2.41. The molecule has 0 bridgehead atoms. The van der Waals surface area contributed by atoms with Crippen molar-refractivity contribution < 1.29 is 38.8 Å². The van der Waals surface area contributed by atoms with Crippen molar-refractivity contribution >= 4 is 18.0 Å². The molecule has 0 unspecified atom stereocenters. The minimum atomic E-state index is -1.27. The second-order valence-electron chi connectivity index (χ2n) is 11.4. The molecule has 1 saturated heterocycles. The SMILES string of the molecule is CC(=O)O[C@H]1/C=C/[C@H](C)[C@@H](/C(C)=C/C=C/[C@@H](C)COC(=O)N2CCC[C@@H]2CO)OC(=O)C[C@H](C)CC[C@@]1(C)O. The molecule has 2 aliphatic heterocycles. The number of aliphatic hydroxyl groups excluding tert-OH is 1. The number of esters is 2. The van der Waals surface area contributed by atoms with E-state index in [2.05, 4.69) is 0 Å². The summed E-state index contributed by atoms with van der Waals surface area (Å²) in [6, 6.07) is -0.169. The summed E-state index contributed by atoms with van der Waals surface area (Å²) in [6.45, 7) is 11.4. The molecule has 0 aromatic carbocycles. The molecule has 0 aromatic rings. The van der Waals surface area contributed by atoms with Crippen molar-refractivity contribution in [2.75, 3.05) is 19.8 Å². The van der Waals surface area contributed by atoms with Crippen molar-refractivity contribution in [2.24, 2.45) is 17.8 Å². The number of carbonyl (C=O) groups excluding carboxylic acids is 3. The molecular weight excluding hydrogens is 502 g/mol. The van der Waals surface area contributed by atoms with Gasteiger partial charge in [0.25, 0.3) is 0 Å². The van der Waals surface area contributed by atoms with Crippen LogP contribution in [-0.4, -0.2) is 76.8 Å². The third-order valence-electron chi connectivity index (χ3n) is 7.43. The minimum absolute atomic E-state index is 0.0118. The summed E-state index contributed by atoms with van der Waals surface area (Å²) in [5.41, 5.74) is -0.445. The first-order chi connectivity index (χ1) is 18.3. The summed E-state index contributed by atoms with van der Waals surface area (Å²) in [6.07, 6.45) is 10.2. The van der Waals surface area contributed by atoms with Crippen molar-refractivity contribution in [3.63, 3.8) is 0 Å². The normalized spacial score (nSPS) is 32.6. The van der Waals surface area contributed by atoms with E-state index in [0.29, 0.717) is 19.4 Å². The van der Waals surface area contributed by atoms with Gasteiger partial charge in [-0.25, -0.2) is 4.79 Å². The lowest BCUT2D eigenvalue weighted by molar-refractivity contribution is -0.156. The number of aliphatic hydroxyl groups is 2. The van der Waals surface area contributed by atoms with Crippen molar-refractivity contribution in [1.29, 1.82) is 0 Å². The zero-order valence-corrected chi connectivity index (χ0v) is 24.3. The van der Waals surface area contributed by atoms with E-state index in [1.54, 1.807) is 17.9 Å². The minimum Gasteiger partial charge on any atom is -0.457 e. The van der Waals surface area contributed by atoms with E-state index in [1.807, 2.05) is 52.0 Å². The Morgan fingerprint density at radius 1 is 1.26 bits per heavy atom. The van der Waals surface area contributed by atoms with Crippen LogP contribution in [-0.2, 0) is 23.8 Å². The molecule has 2 aliphatic rings. The van der Waals surface area contributed by atoms with E-state index in [9.17, 15) is 24.6 Å². The average molecular weight is 550 g/mol. The van der Waals surface area contributed by atoms with Crippen LogP contribution in [0.3, 0.4) is 0 Å². The van der Waals surface area contributed by atoms with Crippen molar-refractivity contribution in [1.82, 2.24) is 4.90 Å². The quantitative estimate of drug-likeness (QED) is 0.208. The molecule has 7 atom stereocenters. The summed E-state index contributed by atoms with van der Waals surface area (Å²) >= 11 is 0. The lowest BCUT2D eigenvalue weighted by atomic mass is 9.87. The highest BCUT2D eigenvalue weighted by atomic mass is 16.6. The third-order valence-corrected chi connectivity index (χ3v) is 7.43. The first kappa shape index (κ1) is 32.6. The Morgan fingerprint density at radius 3 is 2.64 bits per heavy atom.